The molecule has 2 aliphatic rings. The smallest absolute Gasteiger partial charge is 0.228 e. The highest BCUT2D eigenvalue weighted by molar-refractivity contribution is 5.00. The van der Waals surface area contributed by atoms with E-state index >= 15 is 0 Å². The fraction of sp³-hybridized carbons (Fsp3) is 0.882. The van der Waals surface area contributed by atoms with Gasteiger partial charge in [0.15, 0.2) is 5.82 Å². The maximum atomic E-state index is 6.14. The van der Waals surface area contributed by atoms with Gasteiger partial charge in [-0.15, -0.1) is 0 Å². The second kappa shape index (κ2) is 5.71. The third-order valence-electron chi connectivity index (χ3n) is 5.44. The van der Waals surface area contributed by atoms with Gasteiger partial charge < -0.3 is 10.3 Å². The third-order valence-corrected chi connectivity index (χ3v) is 5.44. The Morgan fingerprint density at radius 1 is 1.14 bits per heavy atom. The zero-order valence-corrected chi connectivity index (χ0v) is 13.6. The minimum Gasteiger partial charge on any atom is -0.339 e. The fourth-order valence-corrected chi connectivity index (χ4v) is 3.63. The molecule has 1 unspecified atom stereocenters. The lowest BCUT2D eigenvalue weighted by molar-refractivity contribution is 0.166. The van der Waals surface area contributed by atoms with Gasteiger partial charge in [-0.3, -0.25) is 0 Å². The SMILES string of the molecule is CC(C)(C)C1CCC(c2noc(CC(N)C3CC3)n2)CC1. The van der Waals surface area contributed by atoms with Crippen molar-refractivity contribution >= 4 is 0 Å². The molecule has 1 atom stereocenters. The van der Waals surface area contributed by atoms with Crippen molar-refractivity contribution in [3.8, 4) is 0 Å². The van der Waals surface area contributed by atoms with Crippen molar-refractivity contribution in [2.45, 2.75) is 77.7 Å². The van der Waals surface area contributed by atoms with Crippen molar-refractivity contribution in [3.63, 3.8) is 0 Å². The summed E-state index contributed by atoms with van der Waals surface area (Å²) in [5.41, 5.74) is 6.56. The number of hydrogen-bond acceptors (Lipinski definition) is 4. The van der Waals surface area contributed by atoms with Crippen molar-refractivity contribution in [1.29, 1.82) is 0 Å². The van der Waals surface area contributed by atoms with Gasteiger partial charge in [0.05, 0.1) is 0 Å². The van der Waals surface area contributed by atoms with Crippen LogP contribution in [0.2, 0.25) is 0 Å². The summed E-state index contributed by atoms with van der Waals surface area (Å²) in [6.45, 7) is 7.05. The molecule has 2 aliphatic carbocycles. The van der Waals surface area contributed by atoms with Gasteiger partial charge in [0.25, 0.3) is 0 Å². The Morgan fingerprint density at radius 3 is 2.38 bits per heavy atom. The Balaban J connectivity index is 1.54. The molecule has 0 spiro atoms. The summed E-state index contributed by atoms with van der Waals surface area (Å²) in [6.07, 6.45) is 8.21. The molecule has 0 saturated heterocycles. The Hall–Kier alpha value is -0.900. The molecular weight excluding hydrogens is 262 g/mol. The summed E-state index contributed by atoms with van der Waals surface area (Å²) in [5.74, 6) is 3.65. The second-order valence-electron chi connectivity index (χ2n) is 8.17. The van der Waals surface area contributed by atoms with Crippen LogP contribution in [0.1, 0.15) is 76.9 Å². The van der Waals surface area contributed by atoms with Gasteiger partial charge in [-0.2, -0.15) is 4.98 Å². The fourth-order valence-electron chi connectivity index (χ4n) is 3.63. The summed E-state index contributed by atoms with van der Waals surface area (Å²) in [6, 6.07) is 0.204. The van der Waals surface area contributed by atoms with E-state index in [-0.39, 0.29) is 6.04 Å². The minimum atomic E-state index is 0.204. The average molecular weight is 291 g/mol. The van der Waals surface area contributed by atoms with Crippen molar-refractivity contribution in [2.75, 3.05) is 0 Å². The second-order valence-corrected chi connectivity index (χ2v) is 8.17. The summed E-state index contributed by atoms with van der Waals surface area (Å²) in [5, 5.41) is 4.22. The molecule has 0 bridgehead atoms. The zero-order valence-electron chi connectivity index (χ0n) is 13.6. The standard InChI is InChI=1S/C17H29N3O/c1-17(2,3)13-8-6-12(7-9-13)16-19-15(21-20-16)10-14(18)11-4-5-11/h11-14H,4-10,18H2,1-3H3. The lowest BCUT2D eigenvalue weighted by atomic mass is 9.70. The first-order valence-corrected chi connectivity index (χ1v) is 8.51. The van der Waals surface area contributed by atoms with E-state index in [0.29, 0.717) is 17.3 Å². The molecule has 1 aromatic rings. The van der Waals surface area contributed by atoms with E-state index in [2.05, 4.69) is 30.9 Å². The number of nitrogens with zero attached hydrogens (tertiary/aromatic N) is 2. The number of nitrogens with two attached hydrogens (primary N) is 1. The minimum absolute atomic E-state index is 0.204. The third kappa shape index (κ3) is 3.65. The Labute approximate surface area is 127 Å². The largest absolute Gasteiger partial charge is 0.339 e. The Kier molecular flexibility index (Phi) is 4.08. The first-order chi connectivity index (χ1) is 9.93. The number of hydrogen-bond donors (Lipinski definition) is 1. The van der Waals surface area contributed by atoms with Gasteiger partial charge in [0.2, 0.25) is 5.89 Å². The molecule has 1 heterocycles. The zero-order chi connectivity index (χ0) is 15.0. The van der Waals surface area contributed by atoms with Crippen LogP contribution in [0.5, 0.6) is 0 Å². The Morgan fingerprint density at radius 2 is 1.81 bits per heavy atom. The van der Waals surface area contributed by atoms with Crippen LogP contribution in [0.3, 0.4) is 0 Å². The van der Waals surface area contributed by atoms with Crippen LogP contribution >= 0.6 is 0 Å². The molecule has 2 fully saturated rings. The van der Waals surface area contributed by atoms with E-state index in [4.69, 9.17) is 10.3 Å². The van der Waals surface area contributed by atoms with E-state index in [9.17, 15) is 0 Å². The van der Waals surface area contributed by atoms with Gasteiger partial charge in [0.1, 0.15) is 0 Å². The predicted molar refractivity (Wildman–Crippen MR) is 82.9 cm³/mol. The average Bonchev–Trinajstić information content (AvgIpc) is 3.19. The molecule has 21 heavy (non-hydrogen) atoms. The maximum absolute atomic E-state index is 6.14. The van der Waals surface area contributed by atoms with Crippen LogP contribution in [0.25, 0.3) is 0 Å². The summed E-state index contributed by atoms with van der Waals surface area (Å²) in [7, 11) is 0. The predicted octanol–water partition coefficient (Wildman–Crippen LogP) is 3.67. The molecule has 1 aromatic heterocycles. The van der Waals surface area contributed by atoms with Crippen LogP contribution in [0.4, 0.5) is 0 Å². The summed E-state index contributed by atoms with van der Waals surface area (Å²) < 4.78 is 5.42. The lowest BCUT2D eigenvalue weighted by Crippen LogP contribution is -2.26. The monoisotopic (exact) mass is 291 g/mol. The molecule has 0 amide bonds. The molecular formula is C17H29N3O. The molecule has 0 aromatic carbocycles. The van der Waals surface area contributed by atoms with Crippen LogP contribution in [-0.4, -0.2) is 16.2 Å². The maximum Gasteiger partial charge on any atom is 0.228 e. The molecule has 3 rings (SSSR count). The van der Waals surface area contributed by atoms with Crippen molar-refractivity contribution in [1.82, 2.24) is 10.1 Å². The normalized spacial score (nSPS) is 28.6. The van der Waals surface area contributed by atoms with Crippen molar-refractivity contribution in [2.24, 2.45) is 23.0 Å². The topological polar surface area (TPSA) is 64.9 Å². The summed E-state index contributed by atoms with van der Waals surface area (Å²) >= 11 is 0. The highest BCUT2D eigenvalue weighted by Gasteiger charge is 2.33. The van der Waals surface area contributed by atoms with Crippen LogP contribution in [0, 0.1) is 17.3 Å². The van der Waals surface area contributed by atoms with E-state index in [1.807, 2.05) is 0 Å². The molecule has 2 saturated carbocycles. The molecule has 0 aliphatic heterocycles. The lowest BCUT2D eigenvalue weighted by Gasteiger charge is -2.36. The van der Waals surface area contributed by atoms with Gasteiger partial charge in [-0.25, -0.2) is 0 Å². The van der Waals surface area contributed by atoms with E-state index in [1.165, 1.54) is 38.5 Å². The van der Waals surface area contributed by atoms with Crippen LogP contribution in [-0.2, 0) is 6.42 Å². The van der Waals surface area contributed by atoms with Gasteiger partial charge in [0, 0.05) is 18.4 Å². The first kappa shape index (κ1) is 15.0. The van der Waals surface area contributed by atoms with Gasteiger partial charge in [-0.1, -0.05) is 25.9 Å². The quantitative estimate of drug-likeness (QED) is 0.919. The van der Waals surface area contributed by atoms with E-state index in [1.54, 1.807) is 0 Å². The van der Waals surface area contributed by atoms with Crippen molar-refractivity contribution < 1.29 is 4.52 Å². The van der Waals surface area contributed by atoms with Gasteiger partial charge >= 0.3 is 0 Å². The van der Waals surface area contributed by atoms with Crippen LogP contribution in [0.15, 0.2) is 4.52 Å². The molecule has 2 N–H and O–H groups in total. The van der Waals surface area contributed by atoms with Gasteiger partial charge in [-0.05, 0) is 55.8 Å². The van der Waals surface area contributed by atoms with Crippen LogP contribution < -0.4 is 5.73 Å². The molecule has 118 valence electrons. The van der Waals surface area contributed by atoms with E-state index < -0.39 is 0 Å². The van der Waals surface area contributed by atoms with Crippen molar-refractivity contribution in [3.05, 3.63) is 11.7 Å². The molecule has 4 heteroatoms. The van der Waals surface area contributed by atoms with E-state index in [0.717, 1.165) is 24.1 Å². The number of rotatable bonds is 4. The Bertz CT molecular complexity index is 465. The molecule has 0 radical (unpaired) electrons. The summed E-state index contributed by atoms with van der Waals surface area (Å²) in [4.78, 5) is 4.61. The molecule has 4 nitrogen and oxygen atoms in total. The highest BCUT2D eigenvalue weighted by Crippen LogP contribution is 2.42. The first-order valence-electron chi connectivity index (χ1n) is 8.51. The highest BCUT2D eigenvalue weighted by atomic mass is 16.5. The number of aromatic nitrogens is 2.